The van der Waals surface area contributed by atoms with Crippen LogP contribution in [-0.4, -0.2) is 22.6 Å². The number of nitrogens with zero attached hydrogens (tertiary/aromatic N) is 2. The molecule has 0 radical (unpaired) electrons. The van der Waals surface area contributed by atoms with E-state index < -0.39 is 11.8 Å². The van der Waals surface area contributed by atoms with Crippen LogP contribution < -0.4 is 10.7 Å². The molecule has 0 aliphatic heterocycles. The summed E-state index contributed by atoms with van der Waals surface area (Å²) in [6, 6.07) is 14.3. The summed E-state index contributed by atoms with van der Waals surface area (Å²) in [5.74, 6) is -1.65. The lowest BCUT2D eigenvalue weighted by atomic mass is 10.2. The van der Waals surface area contributed by atoms with Crippen molar-refractivity contribution in [2.45, 2.75) is 20.8 Å². The van der Waals surface area contributed by atoms with Crippen LogP contribution in [0.3, 0.4) is 0 Å². The van der Waals surface area contributed by atoms with Crippen LogP contribution in [0.25, 0.3) is 5.69 Å². The molecule has 0 aliphatic carbocycles. The summed E-state index contributed by atoms with van der Waals surface area (Å²) in [4.78, 5) is 24.1. The molecule has 8 heteroatoms. The number of aromatic nitrogens is 1. The second kappa shape index (κ2) is 9.15. The maximum absolute atomic E-state index is 12.1. The smallest absolute Gasteiger partial charge is 0.317 e. The lowest BCUT2D eigenvalue weighted by Gasteiger charge is -2.12. The van der Waals surface area contributed by atoms with Crippen molar-refractivity contribution in [3.8, 4) is 5.69 Å². The van der Waals surface area contributed by atoms with E-state index in [1.807, 2.05) is 43.5 Å². The Bertz CT molecular complexity index is 1150. The fraction of sp³-hybridized carbons (Fsp3) is 0.136. The topological polar surface area (TPSA) is 75.5 Å². The molecule has 1 heterocycles. The molecule has 0 fully saturated rings. The quantitative estimate of drug-likeness (QED) is 0.345. The predicted molar refractivity (Wildman–Crippen MR) is 121 cm³/mol. The van der Waals surface area contributed by atoms with Gasteiger partial charge in [0.05, 0.1) is 16.9 Å². The van der Waals surface area contributed by atoms with Gasteiger partial charge < -0.3 is 9.88 Å². The molecule has 3 rings (SSSR count). The summed E-state index contributed by atoms with van der Waals surface area (Å²) in [6.07, 6.45) is 1.48. The lowest BCUT2D eigenvalue weighted by Crippen LogP contribution is -2.32. The average Bonchev–Trinajstić information content (AvgIpc) is 2.98. The highest BCUT2D eigenvalue weighted by Crippen LogP contribution is 2.28. The first-order valence-corrected chi connectivity index (χ1v) is 9.88. The summed E-state index contributed by atoms with van der Waals surface area (Å²) >= 11 is 12.4. The first-order chi connectivity index (χ1) is 14.3. The van der Waals surface area contributed by atoms with Gasteiger partial charge in [0.15, 0.2) is 0 Å². The number of halogens is 2. The van der Waals surface area contributed by atoms with Crippen molar-refractivity contribution >= 4 is 46.9 Å². The zero-order chi connectivity index (χ0) is 21.8. The number of anilines is 1. The van der Waals surface area contributed by atoms with Crippen molar-refractivity contribution in [3.05, 3.63) is 81.1 Å². The number of benzene rings is 2. The molecule has 0 aliphatic rings. The van der Waals surface area contributed by atoms with E-state index in [2.05, 4.69) is 15.8 Å². The highest BCUT2D eigenvalue weighted by Gasteiger charge is 2.15. The van der Waals surface area contributed by atoms with Gasteiger partial charge in [0.2, 0.25) is 0 Å². The number of nitrogens with one attached hydrogen (secondary N) is 2. The summed E-state index contributed by atoms with van der Waals surface area (Å²) in [5.41, 5.74) is 6.97. The third-order valence-electron chi connectivity index (χ3n) is 4.59. The summed E-state index contributed by atoms with van der Waals surface area (Å²) < 4.78 is 1.95. The molecule has 0 unspecified atom stereocenters. The van der Waals surface area contributed by atoms with Crippen LogP contribution in [0, 0.1) is 20.8 Å². The number of para-hydroxylation sites is 1. The van der Waals surface area contributed by atoms with Gasteiger partial charge in [-0.05, 0) is 56.7 Å². The Morgan fingerprint density at radius 1 is 1.00 bits per heavy atom. The van der Waals surface area contributed by atoms with Crippen molar-refractivity contribution in [2.75, 3.05) is 5.32 Å². The molecule has 2 aromatic carbocycles. The van der Waals surface area contributed by atoms with Crippen molar-refractivity contribution < 1.29 is 9.59 Å². The molecule has 1 aromatic heterocycles. The van der Waals surface area contributed by atoms with E-state index in [4.69, 9.17) is 23.2 Å². The van der Waals surface area contributed by atoms with E-state index in [9.17, 15) is 9.59 Å². The van der Waals surface area contributed by atoms with E-state index in [1.54, 1.807) is 30.3 Å². The number of carbonyl (C=O) groups excluding carboxylic acids is 2. The standard InChI is InChI=1S/C22H20Cl2N4O2/c1-13-6-4-5-7-19(13)26-21(29)22(30)27-25-12-16-10-14(2)28(15(16)3)20-11-17(23)8-9-18(20)24/h4-12H,1-3H3,(H,26,29)(H,27,30)/b25-12-. The fourth-order valence-corrected chi connectivity index (χ4v) is 3.42. The SMILES string of the molecule is Cc1ccccc1NC(=O)C(=O)N/N=C\c1cc(C)n(-c2cc(Cl)ccc2Cl)c1C. The van der Waals surface area contributed by atoms with Gasteiger partial charge in [0, 0.05) is 27.7 Å². The molecule has 0 saturated carbocycles. The van der Waals surface area contributed by atoms with Crippen LogP contribution in [0.5, 0.6) is 0 Å². The molecule has 2 N–H and O–H groups in total. The normalized spacial score (nSPS) is 11.0. The van der Waals surface area contributed by atoms with Gasteiger partial charge >= 0.3 is 11.8 Å². The molecule has 3 aromatic rings. The van der Waals surface area contributed by atoms with Crippen LogP contribution in [0.1, 0.15) is 22.5 Å². The average molecular weight is 443 g/mol. The van der Waals surface area contributed by atoms with Crippen LogP contribution in [0.4, 0.5) is 5.69 Å². The second-order valence-corrected chi connectivity index (χ2v) is 7.57. The Morgan fingerprint density at radius 3 is 2.47 bits per heavy atom. The van der Waals surface area contributed by atoms with Crippen LogP contribution in [0.2, 0.25) is 10.0 Å². The van der Waals surface area contributed by atoms with Crippen molar-refractivity contribution in [2.24, 2.45) is 5.10 Å². The summed E-state index contributed by atoms with van der Waals surface area (Å²) in [5, 5.41) is 7.61. The van der Waals surface area contributed by atoms with Gasteiger partial charge in [0.1, 0.15) is 0 Å². The Balaban J connectivity index is 1.72. The van der Waals surface area contributed by atoms with E-state index in [1.165, 1.54) is 6.21 Å². The van der Waals surface area contributed by atoms with E-state index in [0.717, 1.165) is 28.2 Å². The number of rotatable bonds is 4. The Morgan fingerprint density at radius 2 is 1.73 bits per heavy atom. The van der Waals surface area contributed by atoms with E-state index >= 15 is 0 Å². The van der Waals surface area contributed by atoms with Gasteiger partial charge in [0.25, 0.3) is 0 Å². The minimum atomic E-state index is -0.860. The largest absolute Gasteiger partial charge is 0.329 e. The zero-order valence-corrected chi connectivity index (χ0v) is 18.2. The Labute approximate surface area is 184 Å². The number of hydrazone groups is 1. The van der Waals surface area contributed by atoms with Crippen molar-refractivity contribution in [1.29, 1.82) is 0 Å². The third kappa shape index (κ3) is 4.72. The molecule has 0 saturated heterocycles. The molecule has 0 spiro atoms. The molecular weight excluding hydrogens is 423 g/mol. The van der Waals surface area contributed by atoms with Crippen molar-refractivity contribution in [3.63, 3.8) is 0 Å². The van der Waals surface area contributed by atoms with Gasteiger partial charge in [-0.2, -0.15) is 5.10 Å². The van der Waals surface area contributed by atoms with Gasteiger partial charge in [-0.1, -0.05) is 41.4 Å². The van der Waals surface area contributed by atoms with Crippen molar-refractivity contribution in [1.82, 2.24) is 9.99 Å². The maximum atomic E-state index is 12.1. The highest BCUT2D eigenvalue weighted by molar-refractivity contribution is 6.39. The first kappa shape index (κ1) is 21.6. The zero-order valence-electron chi connectivity index (χ0n) is 16.7. The predicted octanol–water partition coefficient (Wildman–Crippen LogP) is 4.80. The molecule has 6 nitrogen and oxygen atoms in total. The number of aryl methyl sites for hydroxylation is 2. The molecular formula is C22H20Cl2N4O2. The number of amides is 2. The maximum Gasteiger partial charge on any atom is 0.329 e. The number of hydrogen-bond donors (Lipinski definition) is 2. The van der Waals surface area contributed by atoms with Crippen LogP contribution >= 0.6 is 23.2 Å². The fourth-order valence-electron chi connectivity index (χ4n) is 3.05. The van der Waals surface area contributed by atoms with Gasteiger partial charge in [-0.15, -0.1) is 0 Å². The molecule has 30 heavy (non-hydrogen) atoms. The minimum absolute atomic E-state index is 0.561. The van der Waals surface area contributed by atoms with Gasteiger partial charge in [-0.3, -0.25) is 9.59 Å². The summed E-state index contributed by atoms with van der Waals surface area (Å²) in [7, 11) is 0. The van der Waals surface area contributed by atoms with E-state index in [-0.39, 0.29) is 0 Å². The molecule has 0 bridgehead atoms. The Kier molecular flexibility index (Phi) is 6.59. The van der Waals surface area contributed by atoms with E-state index in [0.29, 0.717) is 15.7 Å². The van der Waals surface area contributed by atoms with Crippen LogP contribution in [0.15, 0.2) is 53.6 Å². The second-order valence-electron chi connectivity index (χ2n) is 6.73. The monoisotopic (exact) mass is 442 g/mol. The molecule has 2 amide bonds. The highest BCUT2D eigenvalue weighted by atomic mass is 35.5. The first-order valence-electron chi connectivity index (χ1n) is 9.12. The summed E-state index contributed by atoms with van der Waals surface area (Å²) in [6.45, 7) is 5.67. The Hall–Kier alpha value is -3.09. The van der Waals surface area contributed by atoms with Gasteiger partial charge in [-0.25, -0.2) is 5.43 Å². The van der Waals surface area contributed by atoms with Crippen LogP contribution in [-0.2, 0) is 9.59 Å². The molecule has 0 atom stereocenters. The lowest BCUT2D eigenvalue weighted by molar-refractivity contribution is -0.136. The minimum Gasteiger partial charge on any atom is -0.317 e. The molecule has 154 valence electrons. The number of carbonyl (C=O) groups is 2. The third-order valence-corrected chi connectivity index (χ3v) is 5.14. The number of hydrogen-bond acceptors (Lipinski definition) is 3.